The minimum absolute atomic E-state index is 0.855. The fraction of sp³-hybridized carbons (Fsp3) is 0.700. The third-order valence-electron chi connectivity index (χ3n) is 1.80. The van der Waals surface area contributed by atoms with Crippen LogP contribution >= 0.6 is 0 Å². The van der Waals surface area contributed by atoms with Gasteiger partial charge in [-0.05, 0) is 25.8 Å². The first kappa shape index (κ1) is 11.2. The molecule has 0 aromatic rings. The smallest absolute Gasteiger partial charge is 0.144 e. The van der Waals surface area contributed by atoms with Crippen LogP contribution in [-0.4, -0.2) is 24.3 Å². The zero-order chi connectivity index (χ0) is 9.40. The van der Waals surface area contributed by atoms with E-state index in [1.807, 2.05) is 6.92 Å². The van der Waals surface area contributed by atoms with Crippen molar-refractivity contribution >= 4 is 6.29 Å². The van der Waals surface area contributed by atoms with Gasteiger partial charge in [-0.3, -0.25) is 4.79 Å². The Balaban J connectivity index is 4.07. The van der Waals surface area contributed by atoms with Gasteiger partial charge in [0.1, 0.15) is 6.29 Å². The first-order chi connectivity index (χ1) is 5.76. The zero-order valence-corrected chi connectivity index (χ0v) is 8.34. The molecule has 0 spiro atoms. The van der Waals surface area contributed by atoms with Crippen LogP contribution in [0.3, 0.4) is 0 Å². The van der Waals surface area contributed by atoms with Crippen molar-refractivity contribution in [2.45, 2.75) is 33.6 Å². The largest absolute Gasteiger partial charge is 0.375 e. The topological polar surface area (TPSA) is 20.3 Å². The van der Waals surface area contributed by atoms with Gasteiger partial charge in [0.05, 0.1) is 0 Å². The predicted molar refractivity (Wildman–Crippen MR) is 52.0 cm³/mol. The minimum Gasteiger partial charge on any atom is -0.375 e. The predicted octanol–water partition coefficient (Wildman–Crippen LogP) is 2.21. The van der Waals surface area contributed by atoms with Gasteiger partial charge in [-0.15, -0.1) is 0 Å². The van der Waals surface area contributed by atoms with E-state index < -0.39 is 0 Å². The van der Waals surface area contributed by atoms with E-state index in [0.717, 1.165) is 37.9 Å². The molecular formula is C10H19NO. The van der Waals surface area contributed by atoms with Crippen LogP contribution in [0.25, 0.3) is 0 Å². The van der Waals surface area contributed by atoms with Crippen molar-refractivity contribution in [3.05, 3.63) is 11.8 Å². The standard InChI is InChI=1S/C10H19NO/c1-4-7-11(8-5-2)10(3)6-9-12/h6,9H,4-5,7-8H2,1-3H3/b10-6-. The number of carbonyl (C=O) groups is 1. The average Bonchev–Trinajstić information content (AvgIpc) is 2.04. The molecule has 0 unspecified atom stereocenters. The third kappa shape index (κ3) is 4.16. The molecule has 0 aliphatic carbocycles. The molecule has 0 bridgehead atoms. The van der Waals surface area contributed by atoms with Gasteiger partial charge in [0, 0.05) is 18.8 Å². The lowest BCUT2D eigenvalue weighted by Gasteiger charge is -2.23. The second-order valence-electron chi connectivity index (χ2n) is 2.93. The van der Waals surface area contributed by atoms with Crippen molar-refractivity contribution in [1.82, 2.24) is 4.90 Å². The summed E-state index contributed by atoms with van der Waals surface area (Å²) in [6.07, 6.45) is 4.74. The van der Waals surface area contributed by atoms with Crippen LogP contribution in [0.1, 0.15) is 33.6 Å². The van der Waals surface area contributed by atoms with E-state index in [1.54, 1.807) is 6.08 Å². The average molecular weight is 169 g/mol. The molecule has 0 heterocycles. The summed E-state index contributed by atoms with van der Waals surface area (Å²) >= 11 is 0. The van der Waals surface area contributed by atoms with Gasteiger partial charge in [0.2, 0.25) is 0 Å². The van der Waals surface area contributed by atoms with Crippen LogP contribution in [0, 0.1) is 0 Å². The highest BCUT2D eigenvalue weighted by Crippen LogP contribution is 2.04. The van der Waals surface area contributed by atoms with E-state index in [1.165, 1.54) is 0 Å². The molecule has 0 aliphatic rings. The molecule has 0 N–H and O–H groups in total. The number of aldehydes is 1. The van der Waals surface area contributed by atoms with Gasteiger partial charge in [-0.1, -0.05) is 13.8 Å². The van der Waals surface area contributed by atoms with E-state index in [2.05, 4.69) is 18.7 Å². The van der Waals surface area contributed by atoms with Crippen molar-refractivity contribution in [1.29, 1.82) is 0 Å². The van der Waals surface area contributed by atoms with Crippen LogP contribution in [-0.2, 0) is 4.79 Å². The van der Waals surface area contributed by atoms with E-state index in [-0.39, 0.29) is 0 Å². The van der Waals surface area contributed by atoms with Gasteiger partial charge in [-0.2, -0.15) is 0 Å². The lowest BCUT2D eigenvalue weighted by atomic mass is 10.3. The van der Waals surface area contributed by atoms with E-state index in [9.17, 15) is 4.79 Å². The Morgan fingerprint density at radius 2 is 1.75 bits per heavy atom. The van der Waals surface area contributed by atoms with Crippen LogP contribution in [0.5, 0.6) is 0 Å². The maximum absolute atomic E-state index is 10.2. The molecule has 0 aromatic heterocycles. The second-order valence-corrected chi connectivity index (χ2v) is 2.93. The van der Waals surface area contributed by atoms with Crippen LogP contribution in [0.4, 0.5) is 0 Å². The molecule has 2 heteroatoms. The Morgan fingerprint density at radius 1 is 1.25 bits per heavy atom. The lowest BCUT2D eigenvalue weighted by molar-refractivity contribution is -0.104. The summed E-state index contributed by atoms with van der Waals surface area (Å²) in [5.74, 6) is 0. The van der Waals surface area contributed by atoms with Gasteiger partial charge in [0.15, 0.2) is 0 Å². The molecule has 0 fully saturated rings. The molecule has 0 radical (unpaired) electrons. The van der Waals surface area contributed by atoms with Gasteiger partial charge in [-0.25, -0.2) is 0 Å². The maximum Gasteiger partial charge on any atom is 0.144 e. The summed E-state index contributed by atoms with van der Waals surface area (Å²) in [4.78, 5) is 12.5. The number of rotatable bonds is 6. The number of hydrogen-bond donors (Lipinski definition) is 0. The Bertz CT molecular complexity index is 146. The van der Waals surface area contributed by atoms with Crippen LogP contribution in [0.2, 0.25) is 0 Å². The van der Waals surface area contributed by atoms with Crippen LogP contribution in [0.15, 0.2) is 11.8 Å². The molecule has 0 saturated carbocycles. The monoisotopic (exact) mass is 169 g/mol. The van der Waals surface area contributed by atoms with Crippen molar-refractivity contribution in [3.63, 3.8) is 0 Å². The molecule has 0 aromatic carbocycles. The minimum atomic E-state index is 0.855. The number of nitrogens with zero attached hydrogens (tertiary/aromatic N) is 1. The molecule has 0 saturated heterocycles. The van der Waals surface area contributed by atoms with Crippen molar-refractivity contribution in [2.75, 3.05) is 13.1 Å². The van der Waals surface area contributed by atoms with Crippen molar-refractivity contribution in [2.24, 2.45) is 0 Å². The Morgan fingerprint density at radius 3 is 2.08 bits per heavy atom. The molecule has 0 rings (SSSR count). The lowest BCUT2D eigenvalue weighted by Crippen LogP contribution is -2.23. The molecule has 0 aliphatic heterocycles. The molecule has 70 valence electrons. The molecule has 0 amide bonds. The molecular weight excluding hydrogens is 150 g/mol. The van der Waals surface area contributed by atoms with Crippen molar-refractivity contribution < 1.29 is 4.79 Å². The van der Waals surface area contributed by atoms with Crippen LogP contribution < -0.4 is 0 Å². The summed E-state index contributed by atoms with van der Waals surface area (Å²) in [5, 5.41) is 0. The molecule has 2 nitrogen and oxygen atoms in total. The van der Waals surface area contributed by atoms with E-state index >= 15 is 0 Å². The fourth-order valence-corrected chi connectivity index (χ4v) is 1.21. The van der Waals surface area contributed by atoms with Gasteiger partial charge < -0.3 is 4.90 Å². The zero-order valence-electron chi connectivity index (χ0n) is 8.34. The SMILES string of the molecule is CCCN(CCC)/C(C)=C\C=O. The first-order valence-corrected chi connectivity index (χ1v) is 4.63. The fourth-order valence-electron chi connectivity index (χ4n) is 1.21. The number of hydrogen-bond acceptors (Lipinski definition) is 2. The number of carbonyl (C=O) groups excluding carboxylic acids is 1. The maximum atomic E-state index is 10.2. The summed E-state index contributed by atoms with van der Waals surface area (Å²) in [6, 6.07) is 0. The highest BCUT2D eigenvalue weighted by molar-refractivity contribution is 5.65. The van der Waals surface area contributed by atoms with Gasteiger partial charge in [0.25, 0.3) is 0 Å². The molecule has 0 atom stereocenters. The quantitative estimate of drug-likeness (QED) is 0.449. The molecule has 12 heavy (non-hydrogen) atoms. The Hall–Kier alpha value is -0.790. The highest BCUT2D eigenvalue weighted by Gasteiger charge is 2.01. The van der Waals surface area contributed by atoms with E-state index in [0.29, 0.717) is 0 Å². The Kier molecular flexibility index (Phi) is 6.44. The summed E-state index contributed by atoms with van der Waals surface area (Å²) in [6.45, 7) is 8.38. The first-order valence-electron chi connectivity index (χ1n) is 4.63. The summed E-state index contributed by atoms with van der Waals surface area (Å²) in [7, 11) is 0. The normalized spacial score (nSPS) is 11.4. The van der Waals surface area contributed by atoms with E-state index in [4.69, 9.17) is 0 Å². The van der Waals surface area contributed by atoms with Crippen molar-refractivity contribution in [3.8, 4) is 0 Å². The Labute approximate surface area is 75.3 Å². The third-order valence-corrected chi connectivity index (χ3v) is 1.80. The summed E-state index contributed by atoms with van der Waals surface area (Å²) < 4.78 is 0. The number of allylic oxidation sites excluding steroid dienone is 2. The summed E-state index contributed by atoms with van der Waals surface area (Å²) in [5.41, 5.74) is 1.08. The highest BCUT2D eigenvalue weighted by atomic mass is 16.1. The van der Waals surface area contributed by atoms with Gasteiger partial charge >= 0.3 is 0 Å². The second kappa shape index (κ2) is 6.89.